The van der Waals surface area contributed by atoms with Crippen molar-refractivity contribution in [2.24, 2.45) is 0 Å². The predicted octanol–water partition coefficient (Wildman–Crippen LogP) is 3.40. The molecular weight excluding hydrogens is 368 g/mol. The van der Waals surface area contributed by atoms with Gasteiger partial charge in [-0.3, -0.25) is 19.3 Å². The molecule has 0 saturated heterocycles. The maximum Gasteiger partial charge on any atom is 0.306 e. The maximum atomic E-state index is 12.2. The normalized spacial score (nSPS) is 9.93. The highest BCUT2D eigenvalue weighted by Crippen LogP contribution is 2.14. The van der Waals surface area contributed by atoms with Crippen LogP contribution in [0.3, 0.4) is 0 Å². The van der Waals surface area contributed by atoms with Crippen molar-refractivity contribution >= 4 is 34.9 Å². The largest absolute Gasteiger partial charge is 0.456 e. The Kier molecular flexibility index (Phi) is 7.53. The third kappa shape index (κ3) is 6.24. The van der Waals surface area contributed by atoms with Gasteiger partial charge in [-0.25, -0.2) is 0 Å². The van der Waals surface area contributed by atoms with Gasteiger partial charge in [-0.2, -0.15) is 5.26 Å². The van der Waals surface area contributed by atoms with E-state index < -0.39 is 18.5 Å². The monoisotopic (exact) mass is 384 g/mol. The lowest BCUT2D eigenvalue weighted by atomic mass is 10.1. The van der Waals surface area contributed by atoms with Crippen LogP contribution in [0.4, 0.5) is 5.69 Å². The number of rotatable bonds is 8. The minimum Gasteiger partial charge on any atom is -0.456 e. The number of Topliss-reactive ketones (excluding diaryl/α,β-unsaturated/α-hetero) is 1. The third-order valence-electron chi connectivity index (χ3n) is 3.68. The van der Waals surface area contributed by atoms with Crippen LogP contribution in [0, 0.1) is 11.3 Å². The van der Waals surface area contributed by atoms with Crippen LogP contribution < -0.4 is 4.90 Å². The van der Waals surface area contributed by atoms with Crippen LogP contribution in [0.15, 0.2) is 54.6 Å². The van der Waals surface area contributed by atoms with Gasteiger partial charge in [0, 0.05) is 22.7 Å². The van der Waals surface area contributed by atoms with Crippen molar-refractivity contribution in [2.45, 2.75) is 12.8 Å². The van der Waals surface area contributed by atoms with E-state index in [0.717, 1.165) is 0 Å². The average molecular weight is 385 g/mol. The topological polar surface area (TPSA) is 87.5 Å². The minimum absolute atomic E-state index is 0.0325. The number of para-hydroxylation sites is 1. The first-order valence-corrected chi connectivity index (χ1v) is 8.56. The lowest BCUT2D eigenvalue weighted by Crippen LogP contribution is -2.35. The van der Waals surface area contributed by atoms with Crippen molar-refractivity contribution < 1.29 is 19.1 Å². The van der Waals surface area contributed by atoms with E-state index in [0.29, 0.717) is 16.3 Å². The first-order chi connectivity index (χ1) is 13.0. The van der Waals surface area contributed by atoms with Gasteiger partial charge in [0.15, 0.2) is 12.4 Å². The zero-order chi connectivity index (χ0) is 19.6. The average Bonchev–Trinajstić information content (AvgIpc) is 2.69. The first-order valence-electron chi connectivity index (χ1n) is 8.18. The molecule has 0 unspecified atom stereocenters. The predicted molar refractivity (Wildman–Crippen MR) is 100 cm³/mol. The van der Waals surface area contributed by atoms with Crippen molar-refractivity contribution in [3.63, 3.8) is 0 Å². The zero-order valence-corrected chi connectivity index (χ0v) is 15.2. The summed E-state index contributed by atoms with van der Waals surface area (Å²) in [6.45, 7) is -0.653. The van der Waals surface area contributed by atoms with E-state index in [4.69, 9.17) is 21.6 Å². The standard InChI is InChI=1S/C20H17ClN2O4/c21-16-8-6-15(7-9-16)18(24)10-11-20(26)27-14-19(25)23(13-12-22)17-4-2-1-3-5-17/h1-9H,10-11,13-14H2. The summed E-state index contributed by atoms with van der Waals surface area (Å²) in [6, 6.07) is 16.9. The number of anilines is 1. The van der Waals surface area contributed by atoms with Gasteiger partial charge in [0.2, 0.25) is 0 Å². The second kappa shape index (κ2) is 10.1. The number of esters is 1. The van der Waals surface area contributed by atoms with Crippen LogP contribution in [-0.2, 0) is 14.3 Å². The molecule has 7 heteroatoms. The molecule has 6 nitrogen and oxygen atoms in total. The van der Waals surface area contributed by atoms with Gasteiger partial charge in [0.1, 0.15) is 6.54 Å². The second-order valence-electron chi connectivity index (χ2n) is 5.56. The van der Waals surface area contributed by atoms with Crippen LogP contribution in [0.5, 0.6) is 0 Å². The van der Waals surface area contributed by atoms with E-state index in [9.17, 15) is 14.4 Å². The van der Waals surface area contributed by atoms with Crippen molar-refractivity contribution in [3.05, 3.63) is 65.2 Å². The van der Waals surface area contributed by atoms with Gasteiger partial charge in [0.05, 0.1) is 12.5 Å². The molecule has 2 aromatic carbocycles. The molecular formula is C20H17ClN2O4. The number of ketones is 1. The summed E-state index contributed by atoms with van der Waals surface area (Å²) in [5, 5.41) is 9.42. The number of ether oxygens (including phenoxy) is 1. The Labute approximate surface area is 161 Å². The van der Waals surface area contributed by atoms with Crippen molar-refractivity contribution in [1.82, 2.24) is 0 Å². The van der Waals surface area contributed by atoms with E-state index in [-0.39, 0.29) is 25.2 Å². The Balaban J connectivity index is 1.83. The van der Waals surface area contributed by atoms with Crippen LogP contribution >= 0.6 is 11.6 Å². The molecule has 0 heterocycles. The Morgan fingerprint density at radius 3 is 2.30 bits per heavy atom. The van der Waals surface area contributed by atoms with Crippen LogP contribution in [0.1, 0.15) is 23.2 Å². The van der Waals surface area contributed by atoms with Crippen LogP contribution in [-0.4, -0.2) is 30.8 Å². The fourth-order valence-electron chi connectivity index (χ4n) is 2.29. The summed E-state index contributed by atoms with van der Waals surface area (Å²) in [6.07, 6.45) is -0.173. The Hall–Kier alpha value is -3.17. The smallest absolute Gasteiger partial charge is 0.306 e. The molecule has 0 aliphatic carbocycles. The summed E-state index contributed by atoms with van der Waals surface area (Å²) in [5.41, 5.74) is 0.991. The fourth-order valence-corrected chi connectivity index (χ4v) is 2.42. The molecule has 138 valence electrons. The van der Waals surface area contributed by atoms with E-state index in [2.05, 4.69) is 0 Å². The summed E-state index contributed by atoms with van der Waals surface area (Å²) < 4.78 is 4.95. The minimum atomic E-state index is -0.657. The number of nitriles is 1. The van der Waals surface area contributed by atoms with E-state index in [1.54, 1.807) is 54.6 Å². The molecule has 27 heavy (non-hydrogen) atoms. The zero-order valence-electron chi connectivity index (χ0n) is 14.4. The summed E-state index contributed by atoms with van der Waals surface area (Å²) in [7, 11) is 0. The lowest BCUT2D eigenvalue weighted by molar-refractivity contribution is -0.147. The molecule has 0 aliphatic rings. The third-order valence-corrected chi connectivity index (χ3v) is 3.93. The first kappa shape index (κ1) is 20.1. The molecule has 0 spiro atoms. The highest BCUT2D eigenvalue weighted by atomic mass is 35.5. The van der Waals surface area contributed by atoms with Gasteiger partial charge >= 0.3 is 5.97 Å². The molecule has 0 fully saturated rings. The Morgan fingerprint density at radius 1 is 1.00 bits per heavy atom. The molecule has 0 saturated carbocycles. The number of amides is 1. The number of carbonyl (C=O) groups excluding carboxylic acids is 3. The highest BCUT2D eigenvalue weighted by molar-refractivity contribution is 6.30. The van der Waals surface area contributed by atoms with E-state index >= 15 is 0 Å². The molecule has 2 rings (SSSR count). The molecule has 0 atom stereocenters. The molecule has 0 aliphatic heterocycles. The van der Waals surface area contributed by atoms with Crippen LogP contribution in [0.25, 0.3) is 0 Å². The molecule has 0 aromatic heterocycles. The van der Waals surface area contributed by atoms with Gasteiger partial charge in [0.25, 0.3) is 5.91 Å². The van der Waals surface area contributed by atoms with E-state index in [1.165, 1.54) is 4.90 Å². The Morgan fingerprint density at radius 2 is 1.67 bits per heavy atom. The molecule has 0 radical (unpaired) electrons. The van der Waals surface area contributed by atoms with Crippen molar-refractivity contribution in [3.8, 4) is 6.07 Å². The summed E-state index contributed by atoms with van der Waals surface area (Å²) in [5.74, 6) is -1.39. The SMILES string of the molecule is N#CCN(C(=O)COC(=O)CCC(=O)c1ccc(Cl)cc1)c1ccccc1. The summed E-state index contributed by atoms with van der Waals surface area (Å²) >= 11 is 5.77. The maximum absolute atomic E-state index is 12.2. The van der Waals surface area contributed by atoms with Crippen molar-refractivity contribution in [1.29, 1.82) is 5.26 Å². The van der Waals surface area contributed by atoms with Gasteiger partial charge in [-0.1, -0.05) is 29.8 Å². The number of hydrogen-bond acceptors (Lipinski definition) is 5. The quantitative estimate of drug-likeness (QED) is 0.395. The van der Waals surface area contributed by atoms with E-state index in [1.807, 2.05) is 6.07 Å². The molecule has 0 N–H and O–H groups in total. The lowest BCUT2D eigenvalue weighted by Gasteiger charge is -2.19. The van der Waals surface area contributed by atoms with Gasteiger partial charge in [-0.05, 0) is 36.4 Å². The number of halogens is 1. The second-order valence-corrected chi connectivity index (χ2v) is 6.00. The molecule has 0 bridgehead atoms. The Bertz CT molecular complexity index is 845. The fraction of sp³-hybridized carbons (Fsp3) is 0.200. The van der Waals surface area contributed by atoms with Crippen LogP contribution in [0.2, 0.25) is 5.02 Å². The van der Waals surface area contributed by atoms with Gasteiger partial charge in [-0.15, -0.1) is 0 Å². The summed E-state index contributed by atoms with van der Waals surface area (Å²) in [4.78, 5) is 37.3. The molecule has 2 aromatic rings. The van der Waals surface area contributed by atoms with Crippen molar-refractivity contribution in [2.75, 3.05) is 18.1 Å². The number of carbonyl (C=O) groups is 3. The highest BCUT2D eigenvalue weighted by Gasteiger charge is 2.18. The number of nitrogens with zero attached hydrogens (tertiary/aromatic N) is 2. The molecule has 1 amide bonds. The number of hydrogen-bond donors (Lipinski definition) is 0. The van der Waals surface area contributed by atoms with Gasteiger partial charge < -0.3 is 4.74 Å². The number of benzene rings is 2.